The number of benzene rings is 2. The summed E-state index contributed by atoms with van der Waals surface area (Å²) in [5.41, 5.74) is 4.19. The van der Waals surface area contributed by atoms with Crippen molar-refractivity contribution in [3.8, 4) is 5.75 Å². The molecule has 0 saturated carbocycles. The van der Waals surface area contributed by atoms with Gasteiger partial charge in [0.05, 0.1) is 17.6 Å². The second-order valence-electron chi connectivity index (χ2n) is 7.05. The molecule has 5 heteroatoms. The highest BCUT2D eigenvalue weighted by atomic mass is 28.4. The summed E-state index contributed by atoms with van der Waals surface area (Å²) in [5, 5.41) is 0. The molecule has 0 atom stereocenters. The highest BCUT2D eigenvalue weighted by Gasteiger charge is 2.18. The van der Waals surface area contributed by atoms with E-state index in [1.54, 1.807) is 12.4 Å². The smallest absolute Gasteiger partial charge is 0.242 e. The summed E-state index contributed by atoms with van der Waals surface area (Å²) in [7, 11) is -1.75. The van der Waals surface area contributed by atoms with Gasteiger partial charge < -0.3 is 4.43 Å². The molecular weight excluding hydrogens is 338 g/mol. The summed E-state index contributed by atoms with van der Waals surface area (Å²) >= 11 is 0. The van der Waals surface area contributed by atoms with E-state index in [0.29, 0.717) is 0 Å². The maximum atomic E-state index is 6.22. The normalized spacial score (nSPS) is 12.1. The summed E-state index contributed by atoms with van der Waals surface area (Å²) in [6.45, 7) is 8.42. The van der Waals surface area contributed by atoms with Crippen LogP contribution in [0.1, 0.15) is 17.0 Å². The van der Waals surface area contributed by atoms with Crippen LogP contribution >= 0.6 is 0 Å². The number of hydrogen-bond donors (Lipinski definition) is 0. The third kappa shape index (κ3) is 4.64. The van der Waals surface area contributed by atoms with Crippen LogP contribution in [0.15, 0.2) is 72.0 Å². The van der Waals surface area contributed by atoms with E-state index in [0.717, 1.165) is 34.1 Å². The Labute approximate surface area is 155 Å². The Morgan fingerprint density at radius 3 is 2.31 bits per heavy atom. The second kappa shape index (κ2) is 7.62. The minimum Gasteiger partial charge on any atom is -0.543 e. The molecule has 0 fully saturated rings. The molecule has 0 aliphatic carbocycles. The molecule has 4 nitrogen and oxygen atoms in total. The average molecular weight is 362 g/mol. The molecule has 3 rings (SSSR count). The fourth-order valence-electron chi connectivity index (χ4n) is 2.53. The summed E-state index contributed by atoms with van der Waals surface area (Å²) < 4.78 is 6.22. The zero-order valence-corrected chi connectivity index (χ0v) is 16.6. The first-order valence-electron chi connectivity index (χ1n) is 8.63. The van der Waals surface area contributed by atoms with E-state index in [1.165, 1.54) is 0 Å². The Morgan fingerprint density at radius 1 is 0.923 bits per heavy atom. The van der Waals surface area contributed by atoms with Crippen LogP contribution in [0.3, 0.4) is 0 Å². The van der Waals surface area contributed by atoms with E-state index in [1.807, 2.05) is 61.5 Å². The van der Waals surface area contributed by atoms with Gasteiger partial charge in [-0.25, -0.2) is 9.98 Å². The van der Waals surface area contributed by atoms with E-state index in [9.17, 15) is 0 Å². The number of hydrogen-bond acceptors (Lipinski definition) is 4. The van der Waals surface area contributed by atoms with Gasteiger partial charge >= 0.3 is 0 Å². The first kappa shape index (κ1) is 18.0. The van der Waals surface area contributed by atoms with Gasteiger partial charge in [-0.1, -0.05) is 42.5 Å². The summed E-state index contributed by atoms with van der Waals surface area (Å²) in [6, 6.07) is 17.9. The first-order valence-corrected chi connectivity index (χ1v) is 12.0. The molecule has 0 radical (unpaired) electrons. The summed E-state index contributed by atoms with van der Waals surface area (Å²) in [6.07, 6.45) is 3.50. The van der Waals surface area contributed by atoms with E-state index in [2.05, 4.69) is 29.6 Å². The van der Waals surface area contributed by atoms with E-state index >= 15 is 0 Å². The minimum absolute atomic E-state index is 0.749. The van der Waals surface area contributed by atoms with Crippen molar-refractivity contribution in [2.24, 2.45) is 4.99 Å². The Hall–Kier alpha value is -2.79. The molecule has 0 spiro atoms. The predicted octanol–water partition coefficient (Wildman–Crippen LogP) is 5.17. The third-order valence-corrected chi connectivity index (χ3v) is 4.39. The first-order chi connectivity index (χ1) is 12.4. The van der Waals surface area contributed by atoms with Crippen LogP contribution in [0.5, 0.6) is 5.75 Å². The number of para-hydroxylation sites is 2. The van der Waals surface area contributed by atoms with Gasteiger partial charge in [-0.2, -0.15) is 0 Å². The van der Waals surface area contributed by atoms with Gasteiger partial charge in [0.25, 0.3) is 0 Å². The molecule has 1 aromatic heterocycles. The molecule has 26 heavy (non-hydrogen) atoms. The van der Waals surface area contributed by atoms with Gasteiger partial charge in [0.1, 0.15) is 17.1 Å². The van der Waals surface area contributed by atoms with E-state index in [-0.39, 0.29) is 0 Å². The van der Waals surface area contributed by atoms with Crippen molar-refractivity contribution < 1.29 is 4.43 Å². The van der Waals surface area contributed by atoms with Crippen LogP contribution in [0.2, 0.25) is 19.6 Å². The number of nitrogens with zero attached hydrogens (tertiary/aromatic N) is 3. The van der Waals surface area contributed by atoms with Gasteiger partial charge in [-0.05, 0) is 38.7 Å². The molecule has 0 aliphatic rings. The highest BCUT2D eigenvalue weighted by Crippen LogP contribution is 2.30. The molecule has 0 bridgehead atoms. The molecule has 0 N–H and O–H groups in total. The second-order valence-corrected chi connectivity index (χ2v) is 11.5. The van der Waals surface area contributed by atoms with Crippen molar-refractivity contribution in [3.63, 3.8) is 0 Å². The van der Waals surface area contributed by atoms with E-state index in [4.69, 9.17) is 9.42 Å². The molecule has 2 aromatic carbocycles. The number of aliphatic imine (C=N–C) groups is 1. The van der Waals surface area contributed by atoms with Crippen LogP contribution in [0.25, 0.3) is 0 Å². The Kier molecular flexibility index (Phi) is 5.28. The molecule has 0 saturated heterocycles. The largest absolute Gasteiger partial charge is 0.543 e. The number of rotatable bonds is 5. The fraction of sp³-hybridized carbons (Fsp3) is 0.190. The van der Waals surface area contributed by atoms with E-state index < -0.39 is 8.32 Å². The highest BCUT2D eigenvalue weighted by molar-refractivity contribution is 6.70. The van der Waals surface area contributed by atoms with Gasteiger partial charge in [-0.15, -0.1) is 0 Å². The van der Waals surface area contributed by atoms with Crippen LogP contribution < -0.4 is 4.43 Å². The SMILES string of the molecule is Cc1cncc(C(=Nc2ccccc2O[Si](C)(C)C)c2ccccc2)n1. The zero-order chi connectivity index (χ0) is 18.6. The minimum atomic E-state index is -1.75. The van der Waals surface area contributed by atoms with Crippen LogP contribution in [-0.2, 0) is 0 Å². The number of aromatic nitrogens is 2. The van der Waals surface area contributed by atoms with Crippen molar-refractivity contribution >= 4 is 19.7 Å². The molecule has 0 amide bonds. The Bertz CT molecular complexity index is 918. The lowest BCUT2D eigenvalue weighted by Gasteiger charge is -2.20. The van der Waals surface area contributed by atoms with Crippen molar-refractivity contribution in [3.05, 3.63) is 83.9 Å². The van der Waals surface area contributed by atoms with Gasteiger partial charge in [0.2, 0.25) is 8.32 Å². The van der Waals surface area contributed by atoms with Crippen molar-refractivity contribution in [2.45, 2.75) is 26.6 Å². The Balaban J connectivity index is 2.14. The van der Waals surface area contributed by atoms with Crippen LogP contribution in [0.4, 0.5) is 5.69 Å². The molecule has 1 heterocycles. The van der Waals surface area contributed by atoms with Crippen molar-refractivity contribution in [1.29, 1.82) is 0 Å². The molecular formula is C21H23N3OSi. The maximum absolute atomic E-state index is 6.22. The van der Waals surface area contributed by atoms with Crippen LogP contribution in [-0.4, -0.2) is 24.0 Å². The number of aryl methyl sites for hydroxylation is 1. The Morgan fingerprint density at radius 2 is 1.62 bits per heavy atom. The topological polar surface area (TPSA) is 47.4 Å². The quantitative estimate of drug-likeness (QED) is 0.465. The fourth-order valence-corrected chi connectivity index (χ4v) is 3.36. The summed E-state index contributed by atoms with van der Waals surface area (Å²) in [5.74, 6) is 0.806. The lowest BCUT2D eigenvalue weighted by Crippen LogP contribution is -2.29. The van der Waals surface area contributed by atoms with Gasteiger partial charge in [-0.3, -0.25) is 4.98 Å². The lowest BCUT2D eigenvalue weighted by molar-refractivity contribution is 0.559. The molecule has 3 aromatic rings. The predicted molar refractivity (Wildman–Crippen MR) is 109 cm³/mol. The van der Waals surface area contributed by atoms with Crippen molar-refractivity contribution in [1.82, 2.24) is 9.97 Å². The maximum Gasteiger partial charge on any atom is 0.242 e. The third-order valence-electron chi connectivity index (χ3n) is 3.56. The molecule has 132 valence electrons. The lowest BCUT2D eigenvalue weighted by atomic mass is 10.1. The van der Waals surface area contributed by atoms with Crippen molar-refractivity contribution in [2.75, 3.05) is 0 Å². The molecule has 0 unspecified atom stereocenters. The van der Waals surface area contributed by atoms with Crippen LogP contribution in [0, 0.1) is 6.92 Å². The zero-order valence-electron chi connectivity index (χ0n) is 15.6. The monoisotopic (exact) mass is 361 g/mol. The summed E-state index contributed by atoms with van der Waals surface area (Å²) in [4.78, 5) is 13.8. The van der Waals surface area contributed by atoms with Gasteiger partial charge in [0.15, 0.2) is 0 Å². The molecule has 0 aliphatic heterocycles. The standard InChI is InChI=1S/C21H23N3OSi/c1-16-14-22-15-19(23-16)21(17-10-6-5-7-11-17)24-18-12-8-9-13-20(18)25-26(2,3)4/h5-15H,1-4H3. The van der Waals surface area contributed by atoms with Gasteiger partial charge in [0, 0.05) is 11.8 Å². The average Bonchev–Trinajstić information content (AvgIpc) is 2.60.